The molecule has 0 saturated carbocycles. The predicted molar refractivity (Wildman–Crippen MR) is 106 cm³/mol. The third-order valence-electron chi connectivity index (χ3n) is 4.87. The summed E-state index contributed by atoms with van der Waals surface area (Å²) in [6.45, 7) is 5.56. The summed E-state index contributed by atoms with van der Waals surface area (Å²) >= 11 is 1.44. The fourth-order valence-corrected chi connectivity index (χ4v) is 4.16. The van der Waals surface area contributed by atoms with Crippen molar-refractivity contribution in [2.75, 3.05) is 18.4 Å². The minimum atomic E-state index is -0.395. The number of benzene rings is 1. The third-order valence-corrected chi connectivity index (χ3v) is 5.80. The van der Waals surface area contributed by atoms with Gasteiger partial charge in [-0.05, 0) is 55.6 Å². The lowest BCUT2D eigenvalue weighted by atomic mass is 9.99. The smallest absolute Gasteiger partial charge is 0.277 e. The molecule has 0 atom stereocenters. The molecular weight excluding hydrogens is 362 g/mol. The highest BCUT2D eigenvalue weighted by molar-refractivity contribution is 7.22. The zero-order valence-corrected chi connectivity index (χ0v) is 15.9. The van der Waals surface area contributed by atoms with Gasteiger partial charge in [0.2, 0.25) is 0 Å². The lowest BCUT2D eigenvalue weighted by molar-refractivity contribution is 0.102. The van der Waals surface area contributed by atoms with Crippen molar-refractivity contribution in [1.82, 2.24) is 20.1 Å². The van der Waals surface area contributed by atoms with E-state index in [9.17, 15) is 9.59 Å². The van der Waals surface area contributed by atoms with Crippen LogP contribution in [0.5, 0.6) is 0 Å². The Hall–Kier alpha value is -2.58. The van der Waals surface area contributed by atoms with Crippen LogP contribution in [0.15, 0.2) is 35.1 Å². The van der Waals surface area contributed by atoms with Crippen molar-refractivity contribution in [2.24, 2.45) is 5.92 Å². The summed E-state index contributed by atoms with van der Waals surface area (Å²) in [6.07, 6.45) is 2.52. The van der Waals surface area contributed by atoms with E-state index in [0.717, 1.165) is 35.8 Å². The first-order valence-electron chi connectivity index (χ1n) is 9.06. The topological polar surface area (TPSA) is 91.0 Å². The molecule has 0 unspecified atom stereocenters. The normalized spacial score (nSPS) is 15.9. The highest BCUT2D eigenvalue weighted by atomic mass is 32.1. The molecule has 1 aromatic carbocycles. The number of hydrogen-bond donors (Lipinski definition) is 2. The summed E-state index contributed by atoms with van der Waals surface area (Å²) in [6, 6.07) is 8.92. The van der Waals surface area contributed by atoms with Crippen LogP contribution in [0.2, 0.25) is 0 Å². The molecule has 4 rings (SSSR count). The van der Waals surface area contributed by atoms with Gasteiger partial charge in [-0.25, -0.2) is 10.1 Å². The molecule has 1 amide bonds. The number of amides is 1. The number of anilines is 1. The van der Waals surface area contributed by atoms with Gasteiger partial charge in [-0.3, -0.25) is 19.8 Å². The maximum atomic E-state index is 12.2. The molecule has 0 aliphatic carbocycles. The van der Waals surface area contributed by atoms with E-state index in [1.807, 2.05) is 6.07 Å². The summed E-state index contributed by atoms with van der Waals surface area (Å²) < 4.78 is 1.04. The molecule has 3 aromatic rings. The molecule has 140 valence electrons. The van der Waals surface area contributed by atoms with E-state index in [1.54, 1.807) is 0 Å². The lowest BCUT2D eigenvalue weighted by Gasteiger charge is -2.30. The Labute approximate surface area is 160 Å². The average Bonchev–Trinajstić information content (AvgIpc) is 3.05. The number of fused-ring (bicyclic) bond motifs is 1. The number of nitrogens with zero attached hydrogens (tertiary/aromatic N) is 3. The number of hydrogen-bond acceptors (Lipinski definition) is 6. The molecule has 27 heavy (non-hydrogen) atoms. The molecule has 3 heterocycles. The van der Waals surface area contributed by atoms with Crippen LogP contribution in [-0.4, -0.2) is 39.1 Å². The number of carbonyl (C=O) groups is 1. The molecule has 1 aliphatic rings. The van der Waals surface area contributed by atoms with Crippen LogP contribution in [0.1, 0.15) is 35.8 Å². The number of thiazole rings is 1. The Balaban J connectivity index is 1.46. The maximum Gasteiger partial charge on any atom is 0.277 e. The van der Waals surface area contributed by atoms with Gasteiger partial charge >= 0.3 is 0 Å². The molecule has 1 fully saturated rings. The molecule has 8 heteroatoms. The third kappa shape index (κ3) is 4.23. The van der Waals surface area contributed by atoms with E-state index in [2.05, 4.69) is 44.5 Å². The Morgan fingerprint density at radius 3 is 2.85 bits per heavy atom. The predicted octanol–water partition coefficient (Wildman–Crippen LogP) is 2.86. The highest BCUT2D eigenvalue weighted by Crippen LogP contribution is 2.28. The molecule has 1 aliphatic heterocycles. The van der Waals surface area contributed by atoms with Crippen molar-refractivity contribution < 1.29 is 4.79 Å². The van der Waals surface area contributed by atoms with Crippen LogP contribution >= 0.6 is 11.3 Å². The standard InChI is InChI=1S/C19H21N5O2S/c1-12-6-8-24(9-7-12)11-13-2-3-14-16(10-13)27-19(20-14)21-18(26)15-4-5-17(25)23-22-15/h2-5,10,12H,6-9,11H2,1H3,(H,23,25)(H,20,21,26). The van der Waals surface area contributed by atoms with Crippen molar-refractivity contribution >= 4 is 32.6 Å². The van der Waals surface area contributed by atoms with E-state index >= 15 is 0 Å². The second-order valence-corrected chi connectivity index (χ2v) is 8.07. The Bertz CT molecular complexity index is 1000. The number of nitrogens with one attached hydrogen (secondary N) is 2. The van der Waals surface area contributed by atoms with Crippen LogP contribution in [-0.2, 0) is 6.54 Å². The quantitative estimate of drug-likeness (QED) is 0.723. The van der Waals surface area contributed by atoms with Gasteiger partial charge in [0.25, 0.3) is 11.5 Å². The summed E-state index contributed by atoms with van der Waals surface area (Å²) in [4.78, 5) is 30.2. The fraction of sp³-hybridized carbons (Fsp3) is 0.368. The van der Waals surface area contributed by atoms with Crippen LogP contribution in [0.25, 0.3) is 10.2 Å². The number of likely N-dealkylation sites (tertiary alicyclic amines) is 1. The van der Waals surface area contributed by atoms with E-state index in [-0.39, 0.29) is 11.3 Å². The van der Waals surface area contributed by atoms with Crippen LogP contribution in [0, 0.1) is 5.92 Å². The largest absolute Gasteiger partial charge is 0.299 e. The van der Waals surface area contributed by atoms with E-state index in [0.29, 0.717) is 5.13 Å². The highest BCUT2D eigenvalue weighted by Gasteiger charge is 2.16. The number of piperidine rings is 1. The molecule has 0 radical (unpaired) electrons. The van der Waals surface area contributed by atoms with Gasteiger partial charge in [0.05, 0.1) is 10.2 Å². The first kappa shape index (κ1) is 17.8. The van der Waals surface area contributed by atoms with Gasteiger partial charge in [-0.2, -0.15) is 5.10 Å². The number of carbonyl (C=O) groups excluding carboxylic acids is 1. The van der Waals surface area contributed by atoms with Crippen molar-refractivity contribution in [3.63, 3.8) is 0 Å². The van der Waals surface area contributed by atoms with E-state index in [1.165, 1.54) is 41.9 Å². The maximum absolute atomic E-state index is 12.2. The summed E-state index contributed by atoms with van der Waals surface area (Å²) in [5, 5.41) is 9.26. The number of H-pyrrole nitrogens is 1. The fourth-order valence-electron chi connectivity index (χ4n) is 3.23. The van der Waals surface area contributed by atoms with Gasteiger partial charge in [0.15, 0.2) is 5.13 Å². The van der Waals surface area contributed by atoms with Gasteiger partial charge < -0.3 is 0 Å². The molecule has 1 saturated heterocycles. The minimum Gasteiger partial charge on any atom is -0.299 e. The summed E-state index contributed by atoms with van der Waals surface area (Å²) in [5.41, 5.74) is 1.93. The van der Waals surface area contributed by atoms with Crippen molar-refractivity contribution in [3.05, 3.63) is 51.9 Å². The average molecular weight is 383 g/mol. The van der Waals surface area contributed by atoms with Crippen molar-refractivity contribution in [2.45, 2.75) is 26.3 Å². The number of aromatic nitrogens is 3. The summed E-state index contributed by atoms with van der Waals surface area (Å²) in [5.74, 6) is 0.432. The zero-order valence-electron chi connectivity index (χ0n) is 15.1. The molecule has 0 spiro atoms. The monoisotopic (exact) mass is 383 g/mol. The van der Waals surface area contributed by atoms with Gasteiger partial charge in [-0.1, -0.05) is 24.3 Å². The van der Waals surface area contributed by atoms with Crippen molar-refractivity contribution in [3.8, 4) is 0 Å². The van der Waals surface area contributed by atoms with E-state index in [4.69, 9.17) is 0 Å². The zero-order chi connectivity index (χ0) is 18.8. The van der Waals surface area contributed by atoms with Gasteiger partial charge in [0.1, 0.15) is 5.69 Å². The second kappa shape index (κ2) is 7.58. The lowest BCUT2D eigenvalue weighted by Crippen LogP contribution is -2.32. The molecule has 0 bridgehead atoms. The molecule has 2 aromatic heterocycles. The minimum absolute atomic E-state index is 0.147. The van der Waals surface area contributed by atoms with Gasteiger partial charge in [-0.15, -0.1) is 0 Å². The van der Waals surface area contributed by atoms with Crippen LogP contribution in [0.4, 0.5) is 5.13 Å². The molecular formula is C19H21N5O2S. The van der Waals surface area contributed by atoms with E-state index < -0.39 is 5.91 Å². The summed E-state index contributed by atoms with van der Waals surface area (Å²) in [7, 11) is 0. The Kier molecular flexibility index (Phi) is 5.00. The molecule has 2 N–H and O–H groups in total. The van der Waals surface area contributed by atoms with Crippen molar-refractivity contribution in [1.29, 1.82) is 0 Å². The number of aromatic amines is 1. The second-order valence-electron chi connectivity index (χ2n) is 7.04. The van der Waals surface area contributed by atoms with Crippen LogP contribution in [0.3, 0.4) is 0 Å². The van der Waals surface area contributed by atoms with Gasteiger partial charge in [0, 0.05) is 12.6 Å². The first-order chi connectivity index (χ1) is 13.1. The Morgan fingerprint density at radius 2 is 2.11 bits per heavy atom. The molecule has 7 nitrogen and oxygen atoms in total. The number of rotatable bonds is 4. The first-order valence-corrected chi connectivity index (χ1v) is 9.87. The Morgan fingerprint density at radius 1 is 1.30 bits per heavy atom. The SMILES string of the molecule is CC1CCN(Cc2ccc3nc(NC(=O)c4ccc(=O)[nH]n4)sc3c2)CC1. The van der Waals surface area contributed by atoms with Crippen LogP contribution < -0.4 is 10.9 Å².